The second-order valence-corrected chi connectivity index (χ2v) is 11.4. The Hall–Kier alpha value is -2.93. The number of hydrogen-bond donors (Lipinski definition) is 1. The maximum absolute atomic E-state index is 12.3. The fraction of sp³-hybridized carbons (Fsp3) is 0.222. The van der Waals surface area contributed by atoms with Gasteiger partial charge < -0.3 is 9.67 Å². The van der Waals surface area contributed by atoms with Crippen LogP contribution in [0.15, 0.2) is 83.9 Å². The van der Waals surface area contributed by atoms with Crippen LogP contribution in [-0.2, 0) is 21.9 Å². The Bertz CT molecular complexity index is 1420. The average molecular weight is 495 g/mol. The van der Waals surface area contributed by atoms with E-state index < -0.39 is 15.4 Å². The van der Waals surface area contributed by atoms with E-state index in [-0.39, 0.29) is 5.75 Å². The number of imidazole rings is 1. The Balaban J connectivity index is 1.72. The first kappa shape index (κ1) is 24.2. The maximum atomic E-state index is 12.3. The van der Waals surface area contributed by atoms with Crippen LogP contribution in [0.3, 0.4) is 0 Å². The molecule has 0 aliphatic rings. The molecule has 34 heavy (non-hydrogen) atoms. The number of rotatable bonds is 7. The van der Waals surface area contributed by atoms with E-state index in [4.69, 9.17) is 16.6 Å². The van der Waals surface area contributed by atoms with Gasteiger partial charge in [-0.3, -0.25) is 0 Å². The lowest BCUT2D eigenvalue weighted by molar-refractivity contribution is 0.0741. The molecule has 0 spiro atoms. The molecule has 176 valence electrons. The Labute approximate surface area is 205 Å². The molecule has 0 atom stereocenters. The third-order valence-corrected chi connectivity index (χ3v) is 7.87. The Kier molecular flexibility index (Phi) is 6.67. The summed E-state index contributed by atoms with van der Waals surface area (Å²) in [6.45, 7) is 5.06. The van der Waals surface area contributed by atoms with Crippen LogP contribution in [0.25, 0.3) is 16.8 Å². The highest BCUT2D eigenvalue weighted by Gasteiger charge is 2.23. The van der Waals surface area contributed by atoms with E-state index >= 15 is 0 Å². The van der Waals surface area contributed by atoms with Gasteiger partial charge in [-0.2, -0.15) is 0 Å². The average Bonchev–Trinajstić information content (AvgIpc) is 3.25. The molecule has 1 aromatic heterocycles. The molecule has 0 saturated carbocycles. The molecule has 0 unspecified atom stereocenters. The molecule has 0 aliphatic carbocycles. The number of hydrogen-bond acceptors (Lipinski definition) is 4. The second-order valence-electron chi connectivity index (χ2n) is 8.72. The van der Waals surface area contributed by atoms with Gasteiger partial charge in [-0.05, 0) is 60.9 Å². The Morgan fingerprint density at radius 3 is 2.32 bits per heavy atom. The van der Waals surface area contributed by atoms with E-state index in [0.29, 0.717) is 22.0 Å². The van der Waals surface area contributed by atoms with E-state index in [1.165, 1.54) is 0 Å². The summed E-state index contributed by atoms with van der Waals surface area (Å²) in [5.41, 5.74) is 3.05. The van der Waals surface area contributed by atoms with Gasteiger partial charge in [0.1, 0.15) is 11.4 Å². The quantitative estimate of drug-likeness (QED) is 0.352. The number of halogens is 1. The molecule has 4 rings (SSSR count). The van der Waals surface area contributed by atoms with Gasteiger partial charge in [-0.25, -0.2) is 13.4 Å². The number of benzene rings is 3. The molecule has 0 saturated heterocycles. The lowest BCUT2D eigenvalue weighted by Crippen LogP contribution is -2.15. The summed E-state index contributed by atoms with van der Waals surface area (Å²) in [5, 5.41) is 11.2. The first-order valence-corrected chi connectivity index (χ1v) is 13.1. The van der Waals surface area contributed by atoms with Crippen LogP contribution in [-0.4, -0.2) is 28.8 Å². The topological polar surface area (TPSA) is 72.2 Å². The number of aromatic nitrogens is 2. The molecular formula is C27H27ClN2O3S. The van der Waals surface area contributed by atoms with Crippen molar-refractivity contribution >= 4 is 21.4 Å². The van der Waals surface area contributed by atoms with Gasteiger partial charge in [0.05, 0.1) is 16.3 Å². The van der Waals surface area contributed by atoms with Crippen LogP contribution in [0, 0.1) is 0 Å². The smallest absolute Gasteiger partial charge is 0.178 e. The molecule has 3 aromatic carbocycles. The second kappa shape index (κ2) is 9.37. The molecule has 0 radical (unpaired) electrons. The van der Waals surface area contributed by atoms with Crippen molar-refractivity contribution in [2.75, 3.05) is 5.75 Å². The van der Waals surface area contributed by atoms with Gasteiger partial charge in [0.25, 0.3) is 0 Å². The van der Waals surface area contributed by atoms with Crippen molar-refractivity contribution in [1.29, 1.82) is 0 Å². The maximum Gasteiger partial charge on any atom is 0.178 e. The minimum Gasteiger partial charge on any atom is -0.384 e. The normalized spacial score (nSPS) is 12.1. The Morgan fingerprint density at radius 2 is 1.68 bits per heavy atom. The van der Waals surface area contributed by atoms with Gasteiger partial charge in [0.15, 0.2) is 9.84 Å². The minimum absolute atomic E-state index is 0.0633. The van der Waals surface area contributed by atoms with Gasteiger partial charge in [-0.1, -0.05) is 61.0 Å². The van der Waals surface area contributed by atoms with Crippen LogP contribution in [0.1, 0.15) is 37.9 Å². The van der Waals surface area contributed by atoms with Crippen LogP contribution in [0.5, 0.6) is 0 Å². The Morgan fingerprint density at radius 1 is 0.971 bits per heavy atom. The molecule has 0 fully saturated rings. The zero-order valence-corrected chi connectivity index (χ0v) is 20.9. The summed E-state index contributed by atoms with van der Waals surface area (Å²) < 4.78 is 26.5. The van der Waals surface area contributed by atoms with Gasteiger partial charge >= 0.3 is 0 Å². The molecular weight excluding hydrogens is 468 g/mol. The molecule has 7 heteroatoms. The zero-order valence-electron chi connectivity index (χ0n) is 19.4. The summed E-state index contributed by atoms with van der Waals surface area (Å²) in [6, 6.07) is 22.5. The summed E-state index contributed by atoms with van der Waals surface area (Å²) >= 11 is 6.38. The monoisotopic (exact) mass is 494 g/mol. The molecule has 0 aliphatic heterocycles. The minimum atomic E-state index is -3.28. The molecule has 1 N–H and O–H groups in total. The van der Waals surface area contributed by atoms with Crippen LogP contribution in [0.2, 0.25) is 5.02 Å². The van der Waals surface area contributed by atoms with E-state index in [1.807, 2.05) is 65.4 Å². The van der Waals surface area contributed by atoms with Crippen molar-refractivity contribution in [3.63, 3.8) is 0 Å². The fourth-order valence-electron chi connectivity index (χ4n) is 3.72. The highest BCUT2D eigenvalue weighted by Crippen LogP contribution is 2.28. The predicted octanol–water partition coefficient (Wildman–Crippen LogP) is 5.80. The van der Waals surface area contributed by atoms with Crippen molar-refractivity contribution < 1.29 is 13.5 Å². The molecule has 0 amide bonds. The lowest BCUT2D eigenvalue weighted by atomic mass is 10.1. The van der Waals surface area contributed by atoms with Crippen molar-refractivity contribution in [3.05, 3.63) is 101 Å². The molecule has 5 nitrogen and oxygen atoms in total. The summed E-state index contributed by atoms with van der Waals surface area (Å²) in [4.78, 5) is 5.03. The van der Waals surface area contributed by atoms with Crippen molar-refractivity contribution in [1.82, 2.24) is 9.55 Å². The van der Waals surface area contributed by atoms with E-state index in [2.05, 4.69) is 0 Å². The first-order chi connectivity index (χ1) is 16.1. The number of aliphatic hydroxyl groups is 1. The predicted molar refractivity (Wildman–Crippen MR) is 136 cm³/mol. The van der Waals surface area contributed by atoms with Crippen molar-refractivity contribution in [2.45, 2.75) is 37.7 Å². The van der Waals surface area contributed by atoms with E-state index in [1.54, 1.807) is 39.0 Å². The number of nitrogens with zero attached hydrogens (tertiary/aromatic N) is 2. The third kappa shape index (κ3) is 5.09. The number of sulfone groups is 1. The van der Waals surface area contributed by atoms with Gasteiger partial charge in [-0.15, -0.1) is 0 Å². The lowest BCUT2D eigenvalue weighted by Gasteiger charge is -2.13. The van der Waals surface area contributed by atoms with Crippen LogP contribution in [0.4, 0.5) is 0 Å². The molecule has 4 aromatic rings. The van der Waals surface area contributed by atoms with E-state index in [0.717, 1.165) is 28.2 Å². The van der Waals surface area contributed by atoms with Crippen LogP contribution < -0.4 is 0 Å². The van der Waals surface area contributed by atoms with Gasteiger partial charge in [0.2, 0.25) is 0 Å². The standard InChI is InChI=1S/C27H27ClN2O3S/c1-4-34(32,33)23-10-7-9-20(16-23)19-12-14-22(15-13-19)30-18-25(27(2,3)31)29-26(30)17-21-8-5-6-11-24(21)28/h5-16,18,31H,4,17H2,1-3H3. The van der Waals surface area contributed by atoms with Crippen LogP contribution >= 0.6 is 11.6 Å². The summed E-state index contributed by atoms with van der Waals surface area (Å²) in [7, 11) is -3.28. The van der Waals surface area contributed by atoms with Crippen molar-refractivity contribution in [3.8, 4) is 16.8 Å². The van der Waals surface area contributed by atoms with E-state index in [9.17, 15) is 13.5 Å². The summed E-state index contributed by atoms with van der Waals surface area (Å²) in [6.07, 6.45) is 2.35. The fourth-order valence-corrected chi connectivity index (χ4v) is 4.85. The van der Waals surface area contributed by atoms with Crippen molar-refractivity contribution in [2.24, 2.45) is 0 Å². The molecule has 1 heterocycles. The van der Waals surface area contributed by atoms with Gasteiger partial charge in [0, 0.05) is 23.3 Å². The highest BCUT2D eigenvalue weighted by molar-refractivity contribution is 7.91. The highest BCUT2D eigenvalue weighted by atomic mass is 35.5. The zero-order chi connectivity index (χ0) is 24.5. The third-order valence-electron chi connectivity index (χ3n) is 5.76. The first-order valence-electron chi connectivity index (χ1n) is 11.1. The largest absolute Gasteiger partial charge is 0.384 e. The SMILES string of the molecule is CCS(=O)(=O)c1cccc(-c2ccc(-n3cc(C(C)(C)O)nc3Cc3ccccc3Cl)cc2)c1. The molecule has 0 bridgehead atoms. The summed E-state index contributed by atoms with van der Waals surface area (Å²) in [5.74, 6) is 0.822.